The zero-order valence-corrected chi connectivity index (χ0v) is 13.5. The second kappa shape index (κ2) is 5.39. The largest absolute Gasteiger partial charge is 0.493 e. The number of aliphatic hydroxyl groups excluding tert-OH is 1. The van der Waals surface area contributed by atoms with Gasteiger partial charge in [0.05, 0.1) is 18.6 Å². The lowest BCUT2D eigenvalue weighted by Crippen LogP contribution is -2.43. The second-order valence-electron chi connectivity index (χ2n) is 6.71. The molecule has 4 heteroatoms. The third kappa shape index (κ3) is 2.12. The van der Waals surface area contributed by atoms with Gasteiger partial charge in [-0.15, -0.1) is 6.58 Å². The Bertz CT molecular complexity index is 669. The van der Waals surface area contributed by atoms with E-state index in [1.54, 1.807) is 7.11 Å². The monoisotopic (exact) mass is 313 g/mol. The highest BCUT2D eigenvalue weighted by Gasteiger charge is 2.52. The molecule has 0 bridgehead atoms. The van der Waals surface area contributed by atoms with E-state index in [1.165, 1.54) is 11.1 Å². The number of hydrogen-bond donors (Lipinski definition) is 1. The molecule has 0 saturated carbocycles. The van der Waals surface area contributed by atoms with Gasteiger partial charge in [-0.3, -0.25) is 4.90 Å². The summed E-state index contributed by atoms with van der Waals surface area (Å²) in [6.07, 6.45) is 7.25. The van der Waals surface area contributed by atoms with Crippen LogP contribution in [-0.4, -0.2) is 42.4 Å². The van der Waals surface area contributed by atoms with E-state index < -0.39 is 6.10 Å². The normalized spacial score (nSPS) is 31.7. The van der Waals surface area contributed by atoms with E-state index in [0.29, 0.717) is 6.42 Å². The summed E-state index contributed by atoms with van der Waals surface area (Å²) in [4.78, 5) is 2.41. The van der Waals surface area contributed by atoms with Crippen molar-refractivity contribution in [2.45, 2.75) is 37.0 Å². The molecule has 1 N–H and O–H groups in total. The summed E-state index contributed by atoms with van der Waals surface area (Å²) in [5.74, 6) is 1.66. The molecule has 3 atom stereocenters. The predicted octanol–water partition coefficient (Wildman–Crippen LogP) is 2.41. The molecule has 0 saturated heterocycles. The standard InChI is InChI=1S/C19H23NO3/c1-3-9-20-10-8-19-7-6-14(21)11-16(19)23-18-15(22-2)5-4-13(12-20)17(18)19/h3-7,14,16,21H,1,8-12H2,2H3/t14-,16-,19-/m0/s1. The van der Waals surface area contributed by atoms with Crippen LogP contribution in [0.5, 0.6) is 11.5 Å². The average molecular weight is 313 g/mol. The molecule has 0 fully saturated rings. The molecule has 1 aromatic carbocycles. The minimum atomic E-state index is -0.429. The minimum absolute atomic E-state index is 0.0174. The Hall–Kier alpha value is -1.78. The van der Waals surface area contributed by atoms with E-state index in [2.05, 4.69) is 23.6 Å². The summed E-state index contributed by atoms with van der Waals surface area (Å²) in [7, 11) is 1.68. The van der Waals surface area contributed by atoms with Crippen LogP contribution in [0, 0.1) is 0 Å². The number of nitrogens with zero attached hydrogens (tertiary/aromatic N) is 1. The maximum atomic E-state index is 10.0. The van der Waals surface area contributed by atoms with Crippen molar-refractivity contribution >= 4 is 0 Å². The molecule has 122 valence electrons. The fourth-order valence-corrected chi connectivity index (χ4v) is 4.33. The van der Waals surface area contributed by atoms with E-state index in [4.69, 9.17) is 9.47 Å². The number of hydrogen-bond acceptors (Lipinski definition) is 4. The summed E-state index contributed by atoms with van der Waals surface area (Å²) in [6, 6.07) is 4.15. The Labute approximate surface area is 137 Å². The average Bonchev–Trinajstić information content (AvgIpc) is 2.79. The number of aliphatic hydroxyl groups is 1. The molecule has 0 radical (unpaired) electrons. The van der Waals surface area contributed by atoms with Crippen molar-refractivity contribution in [3.8, 4) is 11.5 Å². The van der Waals surface area contributed by atoms with Crippen LogP contribution in [0.25, 0.3) is 0 Å². The minimum Gasteiger partial charge on any atom is -0.493 e. The zero-order valence-electron chi connectivity index (χ0n) is 13.5. The van der Waals surface area contributed by atoms with Gasteiger partial charge in [0, 0.05) is 31.6 Å². The number of ether oxygens (including phenoxy) is 2. The first kappa shape index (κ1) is 14.8. The number of benzene rings is 1. The zero-order chi connectivity index (χ0) is 16.0. The van der Waals surface area contributed by atoms with Gasteiger partial charge in [-0.2, -0.15) is 0 Å². The molecule has 0 aromatic heterocycles. The summed E-state index contributed by atoms with van der Waals surface area (Å²) >= 11 is 0. The van der Waals surface area contributed by atoms with Crippen LogP contribution in [0.1, 0.15) is 24.0 Å². The highest BCUT2D eigenvalue weighted by Crippen LogP contribution is 2.55. The van der Waals surface area contributed by atoms with Gasteiger partial charge in [0.15, 0.2) is 11.5 Å². The predicted molar refractivity (Wildman–Crippen MR) is 88.9 cm³/mol. The maximum Gasteiger partial charge on any atom is 0.166 e. The third-order valence-corrected chi connectivity index (χ3v) is 5.42. The van der Waals surface area contributed by atoms with Gasteiger partial charge in [-0.05, 0) is 18.1 Å². The van der Waals surface area contributed by atoms with Gasteiger partial charge in [-0.25, -0.2) is 0 Å². The molecule has 2 aliphatic heterocycles. The van der Waals surface area contributed by atoms with E-state index in [9.17, 15) is 5.11 Å². The Morgan fingerprint density at radius 2 is 2.39 bits per heavy atom. The lowest BCUT2D eigenvalue weighted by atomic mass is 9.69. The summed E-state index contributed by atoms with van der Waals surface area (Å²) in [6.45, 7) is 6.64. The van der Waals surface area contributed by atoms with Gasteiger partial charge < -0.3 is 14.6 Å². The molecule has 1 spiro atoms. The number of methoxy groups -OCH3 is 1. The van der Waals surface area contributed by atoms with E-state index in [1.807, 2.05) is 18.2 Å². The summed E-state index contributed by atoms with van der Waals surface area (Å²) < 4.78 is 11.8. The quantitative estimate of drug-likeness (QED) is 0.870. The summed E-state index contributed by atoms with van der Waals surface area (Å²) in [5, 5.41) is 10.0. The van der Waals surface area contributed by atoms with Crippen LogP contribution in [-0.2, 0) is 12.0 Å². The molecule has 23 heavy (non-hydrogen) atoms. The van der Waals surface area contributed by atoms with Gasteiger partial charge in [0.2, 0.25) is 0 Å². The Morgan fingerprint density at radius 1 is 1.52 bits per heavy atom. The first-order valence-corrected chi connectivity index (χ1v) is 8.25. The van der Waals surface area contributed by atoms with Gasteiger partial charge in [0.25, 0.3) is 0 Å². The van der Waals surface area contributed by atoms with Crippen molar-refractivity contribution in [3.05, 3.63) is 48.1 Å². The molecular weight excluding hydrogens is 290 g/mol. The Morgan fingerprint density at radius 3 is 3.17 bits per heavy atom. The lowest BCUT2D eigenvalue weighted by Gasteiger charge is -2.35. The van der Waals surface area contributed by atoms with Crippen LogP contribution in [0.3, 0.4) is 0 Å². The Balaban J connectivity index is 1.88. The molecule has 4 nitrogen and oxygen atoms in total. The molecule has 1 aliphatic carbocycles. The van der Waals surface area contributed by atoms with Crippen molar-refractivity contribution < 1.29 is 14.6 Å². The second-order valence-corrected chi connectivity index (χ2v) is 6.71. The van der Waals surface area contributed by atoms with Gasteiger partial charge in [0.1, 0.15) is 6.10 Å². The van der Waals surface area contributed by atoms with E-state index >= 15 is 0 Å². The fourth-order valence-electron chi connectivity index (χ4n) is 4.33. The SMILES string of the molecule is C=CCN1CC[C@@]23C=C[C@H](O)C[C@@H]2Oc2c(OC)ccc(c23)C1. The molecule has 4 rings (SSSR count). The highest BCUT2D eigenvalue weighted by molar-refractivity contribution is 5.61. The Kier molecular flexibility index (Phi) is 3.47. The smallest absolute Gasteiger partial charge is 0.166 e. The van der Waals surface area contributed by atoms with E-state index in [-0.39, 0.29) is 11.5 Å². The lowest BCUT2D eigenvalue weighted by molar-refractivity contribution is 0.0816. The van der Waals surface area contributed by atoms with Crippen LogP contribution in [0.4, 0.5) is 0 Å². The molecule has 2 heterocycles. The van der Waals surface area contributed by atoms with Crippen molar-refractivity contribution in [1.82, 2.24) is 4.90 Å². The molecule has 0 unspecified atom stereocenters. The molecule has 1 aromatic rings. The van der Waals surface area contributed by atoms with Gasteiger partial charge in [-0.1, -0.05) is 24.3 Å². The van der Waals surface area contributed by atoms with Crippen LogP contribution >= 0.6 is 0 Å². The first-order valence-electron chi connectivity index (χ1n) is 8.25. The molecular formula is C19H23NO3. The highest BCUT2D eigenvalue weighted by atomic mass is 16.5. The van der Waals surface area contributed by atoms with E-state index in [0.717, 1.165) is 37.6 Å². The fraction of sp³-hybridized carbons (Fsp3) is 0.474. The van der Waals surface area contributed by atoms with Crippen molar-refractivity contribution in [2.75, 3.05) is 20.2 Å². The third-order valence-electron chi connectivity index (χ3n) is 5.42. The van der Waals surface area contributed by atoms with Crippen LogP contribution in [0.15, 0.2) is 36.9 Å². The first-order chi connectivity index (χ1) is 11.2. The number of rotatable bonds is 3. The summed E-state index contributed by atoms with van der Waals surface area (Å²) in [5.41, 5.74) is 2.41. The van der Waals surface area contributed by atoms with Crippen LogP contribution < -0.4 is 9.47 Å². The van der Waals surface area contributed by atoms with Crippen LogP contribution in [0.2, 0.25) is 0 Å². The molecule has 3 aliphatic rings. The van der Waals surface area contributed by atoms with Crippen molar-refractivity contribution in [2.24, 2.45) is 0 Å². The van der Waals surface area contributed by atoms with Crippen molar-refractivity contribution in [3.63, 3.8) is 0 Å². The van der Waals surface area contributed by atoms with Crippen molar-refractivity contribution in [1.29, 1.82) is 0 Å². The van der Waals surface area contributed by atoms with Gasteiger partial charge >= 0.3 is 0 Å². The topological polar surface area (TPSA) is 41.9 Å². The molecule has 0 amide bonds. The maximum absolute atomic E-state index is 10.0.